The Morgan fingerprint density at radius 2 is 1.71 bits per heavy atom. The van der Waals surface area contributed by atoms with Crippen LogP contribution in [0.2, 0.25) is 0 Å². The number of piperazine rings is 1. The van der Waals surface area contributed by atoms with Crippen LogP contribution in [0.15, 0.2) is 18.2 Å². The third kappa shape index (κ3) is 3.67. The number of methoxy groups -OCH3 is 2. The summed E-state index contributed by atoms with van der Waals surface area (Å²) in [5.41, 5.74) is 1.20. The van der Waals surface area contributed by atoms with Crippen molar-refractivity contribution in [2.75, 3.05) is 55.0 Å². The summed E-state index contributed by atoms with van der Waals surface area (Å²) in [6.45, 7) is 3.24. The Morgan fingerprint density at radius 1 is 1.10 bits per heavy atom. The molecule has 5 nitrogen and oxygen atoms in total. The van der Waals surface area contributed by atoms with Crippen molar-refractivity contribution >= 4 is 0 Å². The molecule has 0 aliphatic carbocycles. The standard InChI is InChI=1S/C16H27N3O2/c1-17-16(15-11-18(2)6-7-19(15)3)12-8-13(20-4)10-14(9-12)21-5/h8-10,15-17H,6-7,11H2,1-5H3. The topological polar surface area (TPSA) is 37.0 Å². The first kappa shape index (κ1) is 16.1. The molecule has 0 radical (unpaired) electrons. The van der Waals surface area contributed by atoms with Crippen molar-refractivity contribution in [3.63, 3.8) is 0 Å². The molecule has 1 N–H and O–H groups in total. The average molecular weight is 293 g/mol. The number of nitrogens with zero attached hydrogens (tertiary/aromatic N) is 2. The molecule has 1 aromatic rings. The van der Waals surface area contributed by atoms with Gasteiger partial charge in [-0.2, -0.15) is 0 Å². The minimum atomic E-state index is 0.238. The lowest BCUT2D eigenvalue weighted by Crippen LogP contribution is -2.54. The van der Waals surface area contributed by atoms with E-state index in [9.17, 15) is 0 Å². The minimum Gasteiger partial charge on any atom is -0.497 e. The molecule has 2 unspecified atom stereocenters. The molecule has 2 rings (SSSR count). The fraction of sp³-hybridized carbons (Fsp3) is 0.625. The van der Waals surface area contributed by atoms with Crippen LogP contribution in [0.1, 0.15) is 11.6 Å². The number of nitrogens with one attached hydrogen (secondary N) is 1. The highest BCUT2D eigenvalue weighted by Crippen LogP contribution is 2.30. The van der Waals surface area contributed by atoms with Crippen LogP contribution in [-0.4, -0.2) is 70.8 Å². The molecule has 1 aliphatic rings. The van der Waals surface area contributed by atoms with Crippen molar-refractivity contribution in [2.45, 2.75) is 12.1 Å². The van der Waals surface area contributed by atoms with Gasteiger partial charge in [-0.05, 0) is 38.8 Å². The van der Waals surface area contributed by atoms with Crippen LogP contribution in [-0.2, 0) is 0 Å². The second-order valence-electron chi connectivity index (χ2n) is 5.72. The molecule has 0 aromatic heterocycles. The third-order valence-electron chi connectivity index (χ3n) is 4.33. The van der Waals surface area contributed by atoms with E-state index in [2.05, 4.69) is 41.3 Å². The number of likely N-dealkylation sites (N-methyl/N-ethyl adjacent to an activating group) is 3. The Bertz CT molecular complexity index is 445. The first-order valence-corrected chi connectivity index (χ1v) is 7.38. The smallest absolute Gasteiger partial charge is 0.122 e. The number of benzene rings is 1. The van der Waals surface area contributed by atoms with Gasteiger partial charge in [0.2, 0.25) is 0 Å². The zero-order chi connectivity index (χ0) is 15.4. The molecule has 1 fully saturated rings. The molecule has 1 saturated heterocycles. The van der Waals surface area contributed by atoms with E-state index in [1.54, 1.807) is 14.2 Å². The molecule has 1 heterocycles. The summed E-state index contributed by atoms with van der Waals surface area (Å²) in [4.78, 5) is 4.81. The molecule has 0 spiro atoms. The van der Waals surface area contributed by atoms with E-state index in [4.69, 9.17) is 9.47 Å². The second-order valence-corrected chi connectivity index (χ2v) is 5.72. The van der Waals surface area contributed by atoms with Crippen molar-refractivity contribution in [3.05, 3.63) is 23.8 Å². The van der Waals surface area contributed by atoms with E-state index < -0.39 is 0 Å². The van der Waals surface area contributed by atoms with Gasteiger partial charge in [-0.25, -0.2) is 0 Å². The van der Waals surface area contributed by atoms with Gasteiger partial charge in [0.15, 0.2) is 0 Å². The van der Waals surface area contributed by atoms with Crippen LogP contribution < -0.4 is 14.8 Å². The predicted octanol–water partition coefficient (Wildman–Crippen LogP) is 1.21. The third-order valence-corrected chi connectivity index (χ3v) is 4.33. The average Bonchev–Trinajstić information content (AvgIpc) is 2.51. The van der Waals surface area contributed by atoms with E-state index in [0.29, 0.717) is 6.04 Å². The molecule has 1 aliphatic heterocycles. The lowest BCUT2D eigenvalue weighted by Gasteiger charge is -2.42. The van der Waals surface area contributed by atoms with Gasteiger partial charge in [0.1, 0.15) is 11.5 Å². The SMILES string of the molecule is CNC(c1cc(OC)cc(OC)c1)C1CN(C)CCN1C. The van der Waals surface area contributed by atoms with Gasteiger partial charge >= 0.3 is 0 Å². The van der Waals surface area contributed by atoms with E-state index in [1.807, 2.05) is 13.1 Å². The second kappa shape index (κ2) is 7.11. The Kier molecular flexibility index (Phi) is 5.45. The highest BCUT2D eigenvalue weighted by Gasteiger charge is 2.30. The maximum atomic E-state index is 5.40. The predicted molar refractivity (Wildman–Crippen MR) is 85.3 cm³/mol. The summed E-state index contributed by atoms with van der Waals surface area (Å²) in [6.07, 6.45) is 0. The van der Waals surface area contributed by atoms with Gasteiger partial charge in [0, 0.05) is 37.8 Å². The van der Waals surface area contributed by atoms with Gasteiger partial charge in [-0.3, -0.25) is 4.90 Å². The van der Waals surface area contributed by atoms with Crippen molar-refractivity contribution < 1.29 is 9.47 Å². The summed E-state index contributed by atoms with van der Waals surface area (Å²) >= 11 is 0. The van der Waals surface area contributed by atoms with Crippen molar-refractivity contribution in [1.29, 1.82) is 0 Å². The van der Waals surface area contributed by atoms with E-state index in [0.717, 1.165) is 31.1 Å². The number of hydrogen-bond acceptors (Lipinski definition) is 5. The quantitative estimate of drug-likeness (QED) is 0.883. The molecule has 5 heteroatoms. The van der Waals surface area contributed by atoms with Gasteiger partial charge in [0.25, 0.3) is 0 Å². The molecule has 21 heavy (non-hydrogen) atoms. The summed E-state index contributed by atoms with van der Waals surface area (Å²) in [5.74, 6) is 1.66. The maximum Gasteiger partial charge on any atom is 0.122 e. The highest BCUT2D eigenvalue weighted by atomic mass is 16.5. The van der Waals surface area contributed by atoms with E-state index in [1.165, 1.54) is 5.56 Å². The first-order chi connectivity index (χ1) is 10.1. The molecular formula is C16H27N3O2. The van der Waals surface area contributed by atoms with Gasteiger partial charge in [-0.1, -0.05) is 0 Å². The molecule has 118 valence electrons. The summed E-state index contributed by atoms with van der Waals surface area (Å²) in [5, 5.41) is 3.46. The zero-order valence-electron chi connectivity index (χ0n) is 13.7. The van der Waals surface area contributed by atoms with Gasteiger partial charge in [0.05, 0.1) is 14.2 Å². The normalized spacial score (nSPS) is 22.0. The van der Waals surface area contributed by atoms with Crippen LogP contribution in [0.25, 0.3) is 0 Å². The van der Waals surface area contributed by atoms with Crippen molar-refractivity contribution in [1.82, 2.24) is 15.1 Å². The van der Waals surface area contributed by atoms with Crippen LogP contribution >= 0.6 is 0 Å². The largest absolute Gasteiger partial charge is 0.497 e. The molecule has 2 atom stereocenters. The van der Waals surface area contributed by atoms with Crippen LogP contribution in [0, 0.1) is 0 Å². The number of rotatable bonds is 5. The molecule has 0 bridgehead atoms. The Hall–Kier alpha value is -1.30. The fourth-order valence-electron chi connectivity index (χ4n) is 2.99. The Morgan fingerprint density at radius 3 is 2.24 bits per heavy atom. The fourth-order valence-corrected chi connectivity index (χ4v) is 2.99. The van der Waals surface area contributed by atoms with E-state index >= 15 is 0 Å². The monoisotopic (exact) mass is 293 g/mol. The van der Waals surface area contributed by atoms with Crippen molar-refractivity contribution in [3.8, 4) is 11.5 Å². The molecule has 1 aromatic carbocycles. The highest BCUT2D eigenvalue weighted by molar-refractivity contribution is 5.40. The summed E-state index contributed by atoms with van der Waals surface area (Å²) in [7, 11) is 9.76. The number of hydrogen-bond donors (Lipinski definition) is 1. The van der Waals surface area contributed by atoms with Gasteiger partial charge in [-0.15, -0.1) is 0 Å². The lowest BCUT2D eigenvalue weighted by molar-refractivity contribution is 0.0896. The Balaban J connectivity index is 2.31. The molecule has 0 saturated carbocycles. The van der Waals surface area contributed by atoms with Crippen molar-refractivity contribution in [2.24, 2.45) is 0 Å². The number of ether oxygens (including phenoxy) is 2. The molecular weight excluding hydrogens is 266 g/mol. The van der Waals surface area contributed by atoms with Crippen LogP contribution in [0.3, 0.4) is 0 Å². The van der Waals surface area contributed by atoms with Gasteiger partial charge < -0.3 is 19.7 Å². The first-order valence-electron chi connectivity index (χ1n) is 7.38. The zero-order valence-corrected chi connectivity index (χ0v) is 13.7. The lowest BCUT2D eigenvalue weighted by atomic mass is 9.96. The van der Waals surface area contributed by atoms with Crippen LogP contribution in [0.4, 0.5) is 0 Å². The summed E-state index contributed by atoms with van der Waals surface area (Å²) in [6, 6.07) is 6.75. The molecule has 0 amide bonds. The Labute approximate surface area is 127 Å². The van der Waals surface area contributed by atoms with E-state index in [-0.39, 0.29) is 6.04 Å². The maximum absolute atomic E-state index is 5.40. The van der Waals surface area contributed by atoms with Crippen LogP contribution in [0.5, 0.6) is 11.5 Å². The minimum absolute atomic E-state index is 0.238. The summed E-state index contributed by atoms with van der Waals surface area (Å²) < 4.78 is 10.8.